The summed E-state index contributed by atoms with van der Waals surface area (Å²) in [5.41, 5.74) is 0. The Bertz CT molecular complexity index is 418. The van der Waals surface area contributed by atoms with Crippen molar-refractivity contribution in [2.75, 3.05) is 20.2 Å². The highest BCUT2D eigenvalue weighted by molar-refractivity contribution is 6.30. The minimum Gasteiger partial charge on any atom is -0.492 e. The van der Waals surface area contributed by atoms with Crippen LogP contribution in [-0.4, -0.2) is 31.0 Å². The molecule has 3 nitrogen and oxygen atoms in total. The van der Waals surface area contributed by atoms with Gasteiger partial charge in [-0.25, -0.2) is 0 Å². The van der Waals surface area contributed by atoms with E-state index in [2.05, 4.69) is 0 Å². The molecule has 18 heavy (non-hydrogen) atoms. The fourth-order valence-electron chi connectivity index (χ4n) is 1.93. The van der Waals surface area contributed by atoms with Gasteiger partial charge in [-0.2, -0.15) is 0 Å². The van der Waals surface area contributed by atoms with E-state index < -0.39 is 0 Å². The first-order valence-corrected chi connectivity index (χ1v) is 6.68. The summed E-state index contributed by atoms with van der Waals surface area (Å²) in [6.07, 6.45) is 3.26. The summed E-state index contributed by atoms with van der Waals surface area (Å²) < 4.78 is 5.56. The largest absolute Gasteiger partial charge is 0.492 e. The number of benzene rings is 1. The lowest BCUT2D eigenvalue weighted by Crippen LogP contribution is -2.38. The van der Waals surface area contributed by atoms with Crippen molar-refractivity contribution in [2.24, 2.45) is 5.92 Å². The molecule has 0 heterocycles. The molecule has 0 saturated heterocycles. The van der Waals surface area contributed by atoms with Crippen LogP contribution in [0.5, 0.6) is 5.75 Å². The van der Waals surface area contributed by atoms with E-state index in [1.54, 1.807) is 17.0 Å². The number of hydrogen-bond donors (Lipinski definition) is 0. The van der Waals surface area contributed by atoms with Crippen LogP contribution in [0.1, 0.15) is 19.3 Å². The Morgan fingerprint density at radius 1 is 1.50 bits per heavy atom. The van der Waals surface area contributed by atoms with Crippen LogP contribution in [0.4, 0.5) is 0 Å². The summed E-state index contributed by atoms with van der Waals surface area (Å²) in [4.78, 5) is 13.6. The van der Waals surface area contributed by atoms with Crippen LogP contribution in [0.25, 0.3) is 0 Å². The number of amides is 1. The van der Waals surface area contributed by atoms with Crippen molar-refractivity contribution in [3.63, 3.8) is 0 Å². The molecule has 1 aliphatic rings. The van der Waals surface area contributed by atoms with Crippen molar-refractivity contribution in [3.05, 3.63) is 29.3 Å². The van der Waals surface area contributed by atoms with Crippen LogP contribution in [0.15, 0.2) is 24.3 Å². The maximum Gasteiger partial charge on any atom is 0.225 e. The zero-order valence-electron chi connectivity index (χ0n) is 10.6. The Kier molecular flexibility index (Phi) is 4.48. The average molecular weight is 268 g/mol. The third kappa shape index (κ3) is 3.39. The van der Waals surface area contributed by atoms with E-state index >= 15 is 0 Å². The number of nitrogens with zero attached hydrogens (tertiary/aromatic N) is 1. The number of carbonyl (C=O) groups excluding carboxylic acids is 1. The van der Waals surface area contributed by atoms with Gasteiger partial charge in [-0.1, -0.05) is 24.1 Å². The Hall–Kier alpha value is -1.22. The van der Waals surface area contributed by atoms with Crippen LogP contribution < -0.4 is 4.74 Å². The Morgan fingerprint density at radius 3 is 2.89 bits per heavy atom. The third-order valence-corrected chi connectivity index (χ3v) is 3.56. The predicted molar refractivity (Wildman–Crippen MR) is 71.9 cm³/mol. The topological polar surface area (TPSA) is 29.5 Å². The maximum absolute atomic E-state index is 11.9. The first-order valence-electron chi connectivity index (χ1n) is 6.30. The standard InChI is InChI=1S/C14H18ClNO2/c1-16(14(17)11-4-2-5-11)8-9-18-13-7-3-6-12(15)10-13/h3,6-7,10-11H,2,4-5,8-9H2,1H3. The second-order valence-electron chi connectivity index (χ2n) is 4.69. The number of rotatable bonds is 5. The number of halogens is 1. The minimum atomic E-state index is 0.246. The Labute approximate surface area is 113 Å². The molecule has 2 rings (SSSR count). The van der Waals surface area contributed by atoms with E-state index in [-0.39, 0.29) is 11.8 Å². The van der Waals surface area contributed by atoms with Gasteiger partial charge in [0.2, 0.25) is 5.91 Å². The Balaban J connectivity index is 1.73. The van der Waals surface area contributed by atoms with Gasteiger partial charge in [-0.3, -0.25) is 4.79 Å². The van der Waals surface area contributed by atoms with Gasteiger partial charge in [0.25, 0.3) is 0 Å². The monoisotopic (exact) mass is 267 g/mol. The number of ether oxygens (including phenoxy) is 1. The SMILES string of the molecule is CN(CCOc1cccc(Cl)c1)C(=O)C1CCC1. The van der Waals surface area contributed by atoms with E-state index in [0.717, 1.165) is 18.6 Å². The van der Waals surface area contributed by atoms with Crippen molar-refractivity contribution < 1.29 is 9.53 Å². The van der Waals surface area contributed by atoms with Crippen molar-refractivity contribution in [3.8, 4) is 5.75 Å². The summed E-state index contributed by atoms with van der Waals surface area (Å²) in [6.45, 7) is 1.11. The van der Waals surface area contributed by atoms with E-state index in [1.165, 1.54) is 6.42 Å². The molecule has 1 aliphatic carbocycles. The highest BCUT2D eigenvalue weighted by Crippen LogP contribution is 2.27. The van der Waals surface area contributed by atoms with Gasteiger partial charge in [0.15, 0.2) is 0 Å². The predicted octanol–water partition coefficient (Wildman–Crippen LogP) is 2.98. The molecule has 0 bridgehead atoms. The summed E-state index contributed by atoms with van der Waals surface area (Å²) >= 11 is 5.86. The van der Waals surface area contributed by atoms with Crippen LogP contribution in [0.3, 0.4) is 0 Å². The fourth-order valence-corrected chi connectivity index (χ4v) is 2.11. The second-order valence-corrected chi connectivity index (χ2v) is 5.13. The molecular formula is C14H18ClNO2. The molecule has 0 radical (unpaired) electrons. The van der Waals surface area contributed by atoms with Gasteiger partial charge in [0, 0.05) is 18.0 Å². The van der Waals surface area contributed by atoms with E-state index in [1.807, 2.05) is 19.2 Å². The summed E-state index contributed by atoms with van der Waals surface area (Å²) in [5.74, 6) is 1.24. The van der Waals surface area contributed by atoms with Gasteiger partial charge in [-0.05, 0) is 31.0 Å². The first kappa shape index (κ1) is 13.2. The zero-order valence-corrected chi connectivity index (χ0v) is 11.3. The minimum absolute atomic E-state index is 0.246. The molecule has 1 fully saturated rings. The second kappa shape index (κ2) is 6.10. The lowest BCUT2D eigenvalue weighted by molar-refractivity contribution is -0.137. The molecule has 1 amide bonds. The highest BCUT2D eigenvalue weighted by atomic mass is 35.5. The van der Waals surface area contributed by atoms with Gasteiger partial charge < -0.3 is 9.64 Å². The fraction of sp³-hybridized carbons (Fsp3) is 0.500. The number of hydrogen-bond acceptors (Lipinski definition) is 2. The molecule has 0 aromatic heterocycles. The normalized spacial score (nSPS) is 15.0. The van der Waals surface area contributed by atoms with Gasteiger partial charge in [0.1, 0.15) is 12.4 Å². The summed E-state index contributed by atoms with van der Waals surface area (Å²) in [5, 5.41) is 0.659. The van der Waals surface area contributed by atoms with Gasteiger partial charge in [0.05, 0.1) is 6.54 Å². The van der Waals surface area contributed by atoms with Crippen molar-refractivity contribution in [2.45, 2.75) is 19.3 Å². The molecule has 1 aromatic carbocycles. The van der Waals surface area contributed by atoms with Crippen LogP contribution >= 0.6 is 11.6 Å². The van der Waals surface area contributed by atoms with Crippen LogP contribution in [-0.2, 0) is 4.79 Å². The van der Waals surface area contributed by atoms with Crippen molar-refractivity contribution in [1.82, 2.24) is 4.90 Å². The summed E-state index contributed by atoms with van der Waals surface area (Å²) in [6, 6.07) is 7.29. The van der Waals surface area contributed by atoms with E-state index in [4.69, 9.17) is 16.3 Å². The summed E-state index contributed by atoms with van der Waals surface area (Å²) in [7, 11) is 1.84. The number of likely N-dealkylation sites (N-methyl/N-ethyl adjacent to an activating group) is 1. The molecule has 0 aliphatic heterocycles. The molecular weight excluding hydrogens is 250 g/mol. The smallest absolute Gasteiger partial charge is 0.225 e. The lowest BCUT2D eigenvalue weighted by atomic mass is 9.84. The van der Waals surface area contributed by atoms with Gasteiger partial charge >= 0.3 is 0 Å². The zero-order chi connectivity index (χ0) is 13.0. The Morgan fingerprint density at radius 2 is 2.28 bits per heavy atom. The number of carbonyl (C=O) groups is 1. The van der Waals surface area contributed by atoms with Crippen LogP contribution in [0, 0.1) is 5.92 Å². The van der Waals surface area contributed by atoms with Gasteiger partial charge in [-0.15, -0.1) is 0 Å². The molecule has 0 atom stereocenters. The first-order chi connectivity index (χ1) is 8.66. The third-order valence-electron chi connectivity index (χ3n) is 3.32. The molecule has 0 spiro atoms. The van der Waals surface area contributed by atoms with E-state index in [0.29, 0.717) is 18.2 Å². The molecule has 0 unspecified atom stereocenters. The molecule has 1 saturated carbocycles. The molecule has 98 valence electrons. The van der Waals surface area contributed by atoms with Crippen LogP contribution in [0.2, 0.25) is 5.02 Å². The molecule has 4 heteroatoms. The van der Waals surface area contributed by atoms with Crippen molar-refractivity contribution >= 4 is 17.5 Å². The quantitative estimate of drug-likeness (QED) is 0.821. The molecule has 0 N–H and O–H groups in total. The highest BCUT2D eigenvalue weighted by Gasteiger charge is 2.27. The van der Waals surface area contributed by atoms with E-state index in [9.17, 15) is 4.79 Å². The van der Waals surface area contributed by atoms with Crippen molar-refractivity contribution in [1.29, 1.82) is 0 Å². The molecule has 1 aromatic rings. The average Bonchev–Trinajstić information content (AvgIpc) is 2.26. The lowest BCUT2D eigenvalue weighted by Gasteiger charge is -2.29. The maximum atomic E-state index is 11.9.